The van der Waals surface area contributed by atoms with E-state index in [0.717, 1.165) is 24.6 Å². The molecule has 0 atom stereocenters. The number of piperidine rings is 1. The Bertz CT molecular complexity index is 409. The van der Waals surface area contributed by atoms with Crippen LogP contribution < -0.4 is 14.8 Å². The minimum atomic E-state index is 0.420. The summed E-state index contributed by atoms with van der Waals surface area (Å²) in [5.41, 5.74) is 1.39. The number of methoxy groups -OCH3 is 1. The van der Waals surface area contributed by atoms with Crippen molar-refractivity contribution < 1.29 is 9.47 Å². The van der Waals surface area contributed by atoms with Gasteiger partial charge in [0.25, 0.3) is 0 Å². The molecule has 2 fully saturated rings. The first-order chi connectivity index (χ1) is 8.86. The largest absolute Gasteiger partial charge is 0.493 e. The molecule has 3 rings (SSSR count). The summed E-state index contributed by atoms with van der Waals surface area (Å²) in [4.78, 5) is 0. The third kappa shape index (κ3) is 2.61. The van der Waals surface area contributed by atoms with Gasteiger partial charge in [-0.15, -0.1) is 0 Å². The van der Waals surface area contributed by atoms with E-state index in [1.807, 2.05) is 0 Å². The number of hydrogen-bond donors (Lipinski definition) is 1. The van der Waals surface area contributed by atoms with E-state index >= 15 is 0 Å². The summed E-state index contributed by atoms with van der Waals surface area (Å²) in [6, 6.07) is 6.44. The van der Waals surface area contributed by atoms with Gasteiger partial charge in [-0.2, -0.15) is 0 Å². The second kappa shape index (κ2) is 5.19. The van der Waals surface area contributed by atoms with Crippen LogP contribution in [-0.4, -0.2) is 26.3 Å². The molecule has 0 amide bonds. The van der Waals surface area contributed by atoms with Crippen LogP contribution in [0.15, 0.2) is 18.2 Å². The molecule has 2 aliphatic rings. The molecule has 1 saturated heterocycles. The van der Waals surface area contributed by atoms with Gasteiger partial charge in [0.1, 0.15) is 0 Å². The SMILES string of the molecule is COc1cc(C2CCNCC2)ccc1OC1CC1. The van der Waals surface area contributed by atoms with E-state index in [9.17, 15) is 0 Å². The summed E-state index contributed by atoms with van der Waals surface area (Å²) in [6.45, 7) is 2.24. The zero-order valence-corrected chi connectivity index (χ0v) is 10.9. The number of ether oxygens (including phenoxy) is 2. The minimum absolute atomic E-state index is 0.420. The predicted octanol–water partition coefficient (Wildman–Crippen LogP) is 2.70. The van der Waals surface area contributed by atoms with Crippen molar-refractivity contribution in [1.29, 1.82) is 0 Å². The highest BCUT2D eigenvalue weighted by molar-refractivity contribution is 5.44. The number of rotatable bonds is 4. The molecule has 0 radical (unpaired) electrons. The Morgan fingerprint density at radius 1 is 1.06 bits per heavy atom. The molecule has 1 saturated carbocycles. The summed E-state index contributed by atoms with van der Waals surface area (Å²) < 4.78 is 11.3. The molecule has 1 heterocycles. The van der Waals surface area contributed by atoms with E-state index in [4.69, 9.17) is 9.47 Å². The molecule has 1 aliphatic heterocycles. The maximum atomic E-state index is 5.85. The van der Waals surface area contributed by atoms with Crippen LogP contribution in [0.2, 0.25) is 0 Å². The Hall–Kier alpha value is -1.22. The highest BCUT2D eigenvalue weighted by Crippen LogP contribution is 2.37. The second-order valence-corrected chi connectivity index (χ2v) is 5.25. The monoisotopic (exact) mass is 247 g/mol. The van der Waals surface area contributed by atoms with E-state index in [1.54, 1.807) is 7.11 Å². The Morgan fingerprint density at radius 2 is 1.83 bits per heavy atom. The lowest BCUT2D eigenvalue weighted by Gasteiger charge is -2.23. The van der Waals surface area contributed by atoms with Crippen LogP contribution in [0.25, 0.3) is 0 Å². The minimum Gasteiger partial charge on any atom is -0.493 e. The first-order valence-electron chi connectivity index (χ1n) is 6.92. The summed E-state index contributed by atoms with van der Waals surface area (Å²) in [5, 5.41) is 3.40. The van der Waals surface area contributed by atoms with Crippen molar-refractivity contribution in [2.24, 2.45) is 0 Å². The lowest BCUT2D eigenvalue weighted by atomic mass is 9.90. The van der Waals surface area contributed by atoms with Gasteiger partial charge in [-0.25, -0.2) is 0 Å². The summed E-state index contributed by atoms with van der Waals surface area (Å²) in [5.74, 6) is 2.45. The summed E-state index contributed by atoms with van der Waals surface area (Å²) >= 11 is 0. The molecule has 0 unspecified atom stereocenters. The van der Waals surface area contributed by atoms with E-state index < -0.39 is 0 Å². The summed E-state index contributed by atoms with van der Waals surface area (Å²) in [7, 11) is 1.72. The Kier molecular flexibility index (Phi) is 3.41. The lowest BCUT2D eigenvalue weighted by molar-refractivity contribution is 0.281. The highest BCUT2D eigenvalue weighted by Gasteiger charge is 2.25. The topological polar surface area (TPSA) is 30.5 Å². The van der Waals surface area contributed by atoms with Gasteiger partial charge >= 0.3 is 0 Å². The first-order valence-corrected chi connectivity index (χ1v) is 6.92. The zero-order valence-electron chi connectivity index (χ0n) is 10.9. The third-order valence-corrected chi connectivity index (χ3v) is 3.82. The second-order valence-electron chi connectivity index (χ2n) is 5.25. The lowest BCUT2D eigenvalue weighted by Crippen LogP contribution is -2.26. The molecule has 0 spiro atoms. The normalized spacial score (nSPS) is 20.7. The van der Waals surface area contributed by atoms with Crippen molar-refractivity contribution in [1.82, 2.24) is 5.32 Å². The predicted molar refractivity (Wildman–Crippen MR) is 71.5 cm³/mol. The molecule has 1 aromatic carbocycles. The fourth-order valence-electron chi connectivity index (χ4n) is 2.56. The number of benzene rings is 1. The van der Waals surface area contributed by atoms with E-state index in [1.165, 1.54) is 31.2 Å². The van der Waals surface area contributed by atoms with E-state index in [0.29, 0.717) is 12.0 Å². The van der Waals surface area contributed by atoms with Gasteiger partial charge < -0.3 is 14.8 Å². The molecule has 1 aromatic rings. The fraction of sp³-hybridized carbons (Fsp3) is 0.600. The van der Waals surface area contributed by atoms with Crippen LogP contribution in [0.5, 0.6) is 11.5 Å². The summed E-state index contributed by atoms with van der Waals surface area (Å²) in [6.07, 6.45) is 5.21. The molecule has 1 aliphatic carbocycles. The molecular weight excluding hydrogens is 226 g/mol. The van der Waals surface area contributed by atoms with Gasteiger partial charge in [-0.05, 0) is 62.4 Å². The third-order valence-electron chi connectivity index (χ3n) is 3.82. The smallest absolute Gasteiger partial charge is 0.161 e. The Morgan fingerprint density at radius 3 is 2.50 bits per heavy atom. The molecule has 0 aromatic heterocycles. The van der Waals surface area contributed by atoms with Crippen molar-refractivity contribution >= 4 is 0 Å². The molecule has 98 valence electrons. The molecule has 18 heavy (non-hydrogen) atoms. The van der Waals surface area contributed by atoms with Gasteiger partial charge in [0, 0.05) is 0 Å². The van der Waals surface area contributed by atoms with Crippen molar-refractivity contribution in [3.63, 3.8) is 0 Å². The Labute approximate surface area is 108 Å². The molecular formula is C15H21NO2. The van der Waals surface area contributed by atoms with Gasteiger partial charge in [-0.3, -0.25) is 0 Å². The van der Waals surface area contributed by atoms with Crippen molar-refractivity contribution in [3.05, 3.63) is 23.8 Å². The van der Waals surface area contributed by atoms with Crippen LogP contribution in [0.1, 0.15) is 37.2 Å². The molecule has 0 bridgehead atoms. The van der Waals surface area contributed by atoms with Crippen LogP contribution in [0, 0.1) is 0 Å². The van der Waals surface area contributed by atoms with Crippen molar-refractivity contribution in [3.8, 4) is 11.5 Å². The van der Waals surface area contributed by atoms with Crippen LogP contribution in [0.3, 0.4) is 0 Å². The van der Waals surface area contributed by atoms with Gasteiger partial charge in [-0.1, -0.05) is 6.07 Å². The van der Waals surface area contributed by atoms with Crippen LogP contribution in [-0.2, 0) is 0 Å². The number of hydrogen-bond acceptors (Lipinski definition) is 3. The van der Waals surface area contributed by atoms with Crippen LogP contribution in [0.4, 0.5) is 0 Å². The van der Waals surface area contributed by atoms with E-state index in [-0.39, 0.29) is 0 Å². The van der Waals surface area contributed by atoms with Crippen LogP contribution >= 0.6 is 0 Å². The van der Waals surface area contributed by atoms with Gasteiger partial charge in [0.05, 0.1) is 13.2 Å². The number of nitrogens with one attached hydrogen (secondary N) is 1. The standard InChI is InChI=1S/C15H21NO2/c1-17-15-10-12(11-6-8-16-9-7-11)2-5-14(15)18-13-3-4-13/h2,5,10-11,13,16H,3-4,6-9H2,1H3. The van der Waals surface area contributed by atoms with Crippen molar-refractivity contribution in [2.75, 3.05) is 20.2 Å². The van der Waals surface area contributed by atoms with E-state index in [2.05, 4.69) is 23.5 Å². The molecule has 3 nitrogen and oxygen atoms in total. The zero-order chi connectivity index (χ0) is 12.4. The highest BCUT2D eigenvalue weighted by atomic mass is 16.5. The average Bonchev–Trinajstić information content (AvgIpc) is 3.24. The average molecular weight is 247 g/mol. The quantitative estimate of drug-likeness (QED) is 0.887. The van der Waals surface area contributed by atoms with Gasteiger partial charge in [0.15, 0.2) is 11.5 Å². The Balaban J connectivity index is 1.78. The fourth-order valence-corrected chi connectivity index (χ4v) is 2.56. The van der Waals surface area contributed by atoms with Crippen molar-refractivity contribution in [2.45, 2.75) is 37.7 Å². The first kappa shape index (κ1) is 11.8. The maximum absolute atomic E-state index is 5.85. The maximum Gasteiger partial charge on any atom is 0.161 e. The van der Waals surface area contributed by atoms with Gasteiger partial charge in [0.2, 0.25) is 0 Å². The molecule has 1 N–H and O–H groups in total. The molecule has 3 heteroatoms.